The van der Waals surface area contributed by atoms with Gasteiger partial charge in [0, 0.05) is 41.7 Å². The molecular formula is C15H6CeF18O6. The van der Waals surface area contributed by atoms with Gasteiger partial charge >= 0.3 is 18.5 Å². The minimum absolute atomic E-state index is 0. The van der Waals surface area contributed by atoms with Crippen molar-refractivity contribution >= 4 is 17.3 Å². The average molecular weight is 764 g/mol. The Morgan fingerprint density at radius 2 is 0.550 bits per heavy atom. The number of carbonyl (C=O) groups excluding carboxylic acids is 3. The van der Waals surface area contributed by atoms with Gasteiger partial charge < -0.3 is 15.3 Å². The number of aliphatic hydroxyl groups is 3. The molecular weight excluding hydrogens is 758 g/mol. The molecule has 0 rings (SSSR count). The molecule has 0 aliphatic carbocycles. The maximum atomic E-state index is 12.0. The summed E-state index contributed by atoms with van der Waals surface area (Å²) < 4.78 is 206. The van der Waals surface area contributed by atoms with Crippen molar-refractivity contribution in [2.75, 3.05) is 0 Å². The van der Waals surface area contributed by atoms with Crippen molar-refractivity contribution in [3.05, 3.63) is 34.8 Å². The minimum Gasteiger partial charge on any atom is -0.504 e. The molecule has 0 saturated heterocycles. The van der Waals surface area contributed by atoms with Crippen molar-refractivity contribution in [1.29, 1.82) is 0 Å². The third-order valence-corrected chi connectivity index (χ3v) is 2.67. The summed E-state index contributed by atoms with van der Waals surface area (Å²) in [6.07, 6.45) is -28.4. The standard InChI is InChI=1S/3C5H2F6O2.Ce/c3*6-1(2(12)4(7)8)3(13)5(9,10)11;/h3*4,12H;/b3*2-1+;. The van der Waals surface area contributed by atoms with Crippen molar-refractivity contribution in [3.63, 3.8) is 0 Å². The maximum absolute atomic E-state index is 12.0. The van der Waals surface area contributed by atoms with Crippen LogP contribution in [0.15, 0.2) is 34.8 Å². The van der Waals surface area contributed by atoms with E-state index in [1.165, 1.54) is 0 Å². The number of alkyl halides is 15. The molecule has 0 atom stereocenters. The van der Waals surface area contributed by atoms with Gasteiger partial charge in [0.1, 0.15) is 0 Å². The molecule has 232 valence electrons. The minimum atomic E-state index is -5.62. The van der Waals surface area contributed by atoms with Crippen LogP contribution in [0, 0.1) is 41.7 Å². The zero-order chi connectivity index (χ0) is 32.4. The number of hydrogen-bond donors (Lipinski definition) is 3. The van der Waals surface area contributed by atoms with Gasteiger partial charge in [-0.3, -0.25) is 14.4 Å². The smallest absolute Gasteiger partial charge is 0.457 e. The van der Waals surface area contributed by atoms with Crippen LogP contribution >= 0.6 is 0 Å². The molecule has 0 saturated carbocycles. The van der Waals surface area contributed by atoms with E-state index in [4.69, 9.17) is 15.3 Å². The molecule has 0 amide bonds. The van der Waals surface area contributed by atoms with Gasteiger partial charge in [0.2, 0.25) is 17.5 Å². The van der Waals surface area contributed by atoms with E-state index in [0.717, 1.165) is 0 Å². The number of ketones is 3. The first-order valence-corrected chi connectivity index (χ1v) is 7.98. The molecule has 0 heterocycles. The molecule has 0 aromatic heterocycles. The van der Waals surface area contributed by atoms with Gasteiger partial charge in [-0.25, -0.2) is 26.3 Å². The van der Waals surface area contributed by atoms with Crippen LogP contribution in [0.2, 0.25) is 0 Å². The predicted octanol–water partition coefficient (Wildman–Crippen LogP) is 6.37. The molecule has 0 aromatic carbocycles. The zero-order valence-electron chi connectivity index (χ0n) is 17.6. The molecule has 0 aliphatic rings. The van der Waals surface area contributed by atoms with Gasteiger partial charge in [-0.1, -0.05) is 0 Å². The monoisotopic (exact) mass is 764 g/mol. The van der Waals surface area contributed by atoms with Crippen molar-refractivity contribution < 1.29 is 150 Å². The molecule has 3 N–H and O–H groups in total. The zero-order valence-corrected chi connectivity index (χ0v) is 20.7. The molecule has 0 unspecified atom stereocenters. The summed E-state index contributed by atoms with van der Waals surface area (Å²) in [5.41, 5.74) is 0. The van der Waals surface area contributed by atoms with E-state index in [0.29, 0.717) is 0 Å². The normalized spacial score (nSPS) is 14.0. The number of carbonyl (C=O) groups is 3. The Balaban J connectivity index is -0.000000240. The SMILES string of the molecule is O=C(/C(F)=C(\O)C(F)F)C(F)(F)F.O=C(/C(F)=C(\O)C(F)F)C(F)(F)F.O=C(/C(F)=C(\O)C(F)F)C(F)(F)F.[Ce]. The van der Waals surface area contributed by atoms with Crippen molar-refractivity contribution in [1.82, 2.24) is 0 Å². The van der Waals surface area contributed by atoms with Gasteiger partial charge in [0.15, 0.2) is 17.3 Å². The van der Waals surface area contributed by atoms with Crippen LogP contribution in [0.5, 0.6) is 0 Å². The molecule has 0 fully saturated rings. The van der Waals surface area contributed by atoms with E-state index >= 15 is 0 Å². The Kier molecular flexibility index (Phi) is 19.6. The summed E-state index contributed by atoms with van der Waals surface area (Å²) in [4.78, 5) is 29.6. The second-order valence-corrected chi connectivity index (χ2v) is 5.48. The van der Waals surface area contributed by atoms with Gasteiger partial charge in [-0.2, -0.15) is 52.7 Å². The third-order valence-electron chi connectivity index (χ3n) is 2.67. The van der Waals surface area contributed by atoms with Gasteiger partial charge in [-0.05, 0) is 0 Å². The Morgan fingerprint density at radius 3 is 0.625 bits per heavy atom. The Labute approximate surface area is 240 Å². The second-order valence-electron chi connectivity index (χ2n) is 5.48. The summed E-state index contributed by atoms with van der Waals surface area (Å²) in [6.45, 7) is 0. The van der Waals surface area contributed by atoms with E-state index in [9.17, 15) is 93.4 Å². The molecule has 0 bridgehead atoms. The molecule has 0 radical (unpaired) electrons. The quantitative estimate of drug-likeness (QED) is 0.165. The van der Waals surface area contributed by atoms with E-state index in [-0.39, 0.29) is 41.7 Å². The third kappa shape index (κ3) is 16.1. The van der Waals surface area contributed by atoms with E-state index in [1.54, 1.807) is 0 Å². The molecule has 0 spiro atoms. The summed E-state index contributed by atoms with van der Waals surface area (Å²) in [7, 11) is 0. The van der Waals surface area contributed by atoms with Crippen LogP contribution in [0.1, 0.15) is 0 Å². The van der Waals surface area contributed by atoms with E-state index in [1.807, 2.05) is 0 Å². The van der Waals surface area contributed by atoms with Gasteiger partial charge in [-0.15, -0.1) is 0 Å². The Morgan fingerprint density at radius 1 is 0.425 bits per heavy atom. The number of aliphatic hydroxyl groups excluding tert-OH is 3. The topological polar surface area (TPSA) is 112 Å². The Hall–Kier alpha value is -2.25. The van der Waals surface area contributed by atoms with Crippen molar-refractivity contribution in [2.24, 2.45) is 0 Å². The van der Waals surface area contributed by atoms with Crippen LogP contribution in [0.25, 0.3) is 0 Å². The van der Waals surface area contributed by atoms with Crippen LogP contribution in [0.3, 0.4) is 0 Å². The molecule has 6 nitrogen and oxygen atoms in total. The predicted molar refractivity (Wildman–Crippen MR) is 83.5 cm³/mol. The number of rotatable bonds is 6. The maximum Gasteiger partial charge on any atom is 0.457 e. The number of halogens is 18. The summed E-state index contributed by atoms with van der Waals surface area (Å²) in [5.74, 6) is -25.6. The fraction of sp³-hybridized carbons (Fsp3) is 0.400. The fourth-order valence-corrected chi connectivity index (χ4v) is 1.01. The molecule has 0 aromatic rings. The largest absolute Gasteiger partial charge is 0.504 e. The molecule has 0 aliphatic heterocycles. The van der Waals surface area contributed by atoms with E-state index in [2.05, 4.69) is 0 Å². The molecule has 25 heteroatoms. The number of hydrogen-bond acceptors (Lipinski definition) is 6. The summed E-state index contributed by atoms with van der Waals surface area (Å²) in [6, 6.07) is 0. The number of allylic oxidation sites excluding steroid dienone is 6. The summed E-state index contributed by atoms with van der Waals surface area (Å²) >= 11 is 0. The summed E-state index contributed by atoms with van der Waals surface area (Å²) in [5, 5.41) is 23.9. The first-order chi connectivity index (χ1) is 17.0. The first kappa shape index (κ1) is 44.8. The molecule has 40 heavy (non-hydrogen) atoms. The van der Waals surface area contributed by atoms with Crippen LogP contribution in [-0.4, -0.2) is 70.5 Å². The van der Waals surface area contributed by atoms with Crippen molar-refractivity contribution in [3.8, 4) is 0 Å². The fourth-order valence-electron chi connectivity index (χ4n) is 1.01. The number of Topliss-reactive ketones (excluding diaryl/α,β-unsaturated/α-hetero) is 3. The second kappa shape index (κ2) is 17.5. The first-order valence-electron chi connectivity index (χ1n) is 7.98. The van der Waals surface area contributed by atoms with Gasteiger partial charge in [0.05, 0.1) is 0 Å². The van der Waals surface area contributed by atoms with E-state index < -0.39 is 89.9 Å². The van der Waals surface area contributed by atoms with Crippen LogP contribution in [0.4, 0.5) is 79.0 Å². The van der Waals surface area contributed by atoms with Gasteiger partial charge in [0.25, 0.3) is 36.6 Å². The average Bonchev–Trinajstić information content (AvgIpc) is 2.78. The Bertz CT molecular complexity index is 850. The van der Waals surface area contributed by atoms with Crippen LogP contribution < -0.4 is 0 Å². The van der Waals surface area contributed by atoms with Crippen molar-refractivity contribution in [2.45, 2.75) is 37.8 Å². The van der Waals surface area contributed by atoms with Crippen LogP contribution in [-0.2, 0) is 14.4 Å².